The van der Waals surface area contributed by atoms with Gasteiger partial charge in [0.05, 0.1) is 0 Å². The Morgan fingerprint density at radius 3 is 2.71 bits per heavy atom. The van der Waals surface area contributed by atoms with Crippen LogP contribution >= 0.6 is 0 Å². The van der Waals surface area contributed by atoms with E-state index in [1.54, 1.807) is 6.20 Å². The molecule has 116 valence electrons. The van der Waals surface area contributed by atoms with E-state index < -0.39 is 0 Å². The van der Waals surface area contributed by atoms with Crippen molar-refractivity contribution < 1.29 is 4.79 Å². The second-order valence-electron chi connectivity index (χ2n) is 6.49. The molecule has 1 aliphatic heterocycles. The lowest BCUT2D eigenvalue weighted by molar-refractivity contribution is 0.0975. The number of aromatic nitrogens is 1. The van der Waals surface area contributed by atoms with Crippen molar-refractivity contribution in [2.24, 2.45) is 11.8 Å². The summed E-state index contributed by atoms with van der Waals surface area (Å²) in [5.41, 5.74) is 1.79. The van der Waals surface area contributed by atoms with Crippen LogP contribution < -0.4 is 4.90 Å². The molecule has 0 radical (unpaired) electrons. The number of anilines is 1. The second kappa shape index (κ2) is 7.58. The molecule has 2 rings (SSSR count). The molecular weight excluding hydrogens is 260 g/mol. The van der Waals surface area contributed by atoms with Crippen LogP contribution in [-0.2, 0) is 0 Å². The minimum atomic E-state index is 0.177. The van der Waals surface area contributed by atoms with E-state index in [1.807, 2.05) is 12.1 Å². The van der Waals surface area contributed by atoms with Gasteiger partial charge in [0.1, 0.15) is 5.69 Å². The van der Waals surface area contributed by atoms with E-state index in [-0.39, 0.29) is 5.78 Å². The van der Waals surface area contributed by atoms with Gasteiger partial charge in [-0.25, -0.2) is 0 Å². The zero-order valence-corrected chi connectivity index (χ0v) is 13.6. The molecule has 0 bridgehead atoms. The fraction of sp³-hybridized carbons (Fsp3) is 0.667. The van der Waals surface area contributed by atoms with E-state index in [0.29, 0.717) is 12.1 Å². The maximum Gasteiger partial charge on any atom is 0.181 e. The first kappa shape index (κ1) is 16.0. The highest BCUT2D eigenvalue weighted by molar-refractivity contribution is 5.94. The van der Waals surface area contributed by atoms with Crippen LogP contribution in [-0.4, -0.2) is 23.9 Å². The lowest BCUT2D eigenvalue weighted by atomic mass is 9.86. The van der Waals surface area contributed by atoms with Crippen LogP contribution in [0.2, 0.25) is 0 Å². The molecule has 21 heavy (non-hydrogen) atoms. The Morgan fingerprint density at radius 2 is 2.10 bits per heavy atom. The summed E-state index contributed by atoms with van der Waals surface area (Å²) in [5, 5.41) is 0. The first-order valence-electron chi connectivity index (χ1n) is 8.36. The summed E-state index contributed by atoms with van der Waals surface area (Å²) < 4.78 is 0. The number of hydrogen-bond donors (Lipinski definition) is 0. The summed E-state index contributed by atoms with van der Waals surface area (Å²) in [6.45, 7) is 8.93. The SMILES string of the molecule is CCCCC(=O)c1cc(N2CCC(C(C)C)CC2)ccn1. The average Bonchev–Trinajstić information content (AvgIpc) is 2.52. The van der Waals surface area contributed by atoms with Crippen molar-refractivity contribution in [3.8, 4) is 0 Å². The van der Waals surface area contributed by atoms with Crippen molar-refractivity contribution in [1.29, 1.82) is 0 Å². The Morgan fingerprint density at radius 1 is 1.38 bits per heavy atom. The molecule has 1 aliphatic rings. The molecule has 1 fully saturated rings. The van der Waals surface area contributed by atoms with Crippen molar-refractivity contribution in [2.45, 2.75) is 52.9 Å². The molecule has 3 nitrogen and oxygen atoms in total. The molecule has 3 heteroatoms. The Bertz CT molecular complexity index is 462. The minimum Gasteiger partial charge on any atom is -0.371 e. The summed E-state index contributed by atoms with van der Waals surface area (Å²) in [6.07, 6.45) is 6.89. The molecule has 1 aromatic heterocycles. The summed E-state index contributed by atoms with van der Waals surface area (Å²) in [5.74, 6) is 1.79. The van der Waals surface area contributed by atoms with Crippen LogP contribution in [0.25, 0.3) is 0 Å². The van der Waals surface area contributed by atoms with E-state index >= 15 is 0 Å². The molecular formula is C18H28N2O. The molecule has 0 amide bonds. The van der Waals surface area contributed by atoms with E-state index in [2.05, 4.69) is 30.7 Å². The molecule has 0 N–H and O–H groups in total. The molecule has 1 saturated heterocycles. The average molecular weight is 288 g/mol. The normalized spacial score (nSPS) is 16.5. The third kappa shape index (κ3) is 4.29. The number of unbranched alkanes of at least 4 members (excludes halogenated alkanes) is 1. The zero-order chi connectivity index (χ0) is 15.2. The van der Waals surface area contributed by atoms with Crippen molar-refractivity contribution in [3.63, 3.8) is 0 Å². The summed E-state index contributed by atoms with van der Waals surface area (Å²) in [4.78, 5) is 18.8. The highest BCUT2D eigenvalue weighted by Crippen LogP contribution is 2.28. The second-order valence-corrected chi connectivity index (χ2v) is 6.49. The zero-order valence-electron chi connectivity index (χ0n) is 13.6. The van der Waals surface area contributed by atoms with E-state index in [9.17, 15) is 4.79 Å². The van der Waals surface area contributed by atoms with Gasteiger partial charge in [-0.15, -0.1) is 0 Å². The monoisotopic (exact) mass is 288 g/mol. The number of rotatable bonds is 6. The van der Waals surface area contributed by atoms with Crippen molar-refractivity contribution >= 4 is 11.5 Å². The van der Waals surface area contributed by atoms with E-state index in [0.717, 1.165) is 43.5 Å². The summed E-state index contributed by atoms with van der Waals surface area (Å²) in [6, 6.07) is 4.01. The van der Waals surface area contributed by atoms with Gasteiger partial charge in [-0.05, 0) is 43.2 Å². The van der Waals surface area contributed by atoms with Crippen LogP contribution in [0, 0.1) is 11.8 Å². The maximum absolute atomic E-state index is 12.1. The van der Waals surface area contributed by atoms with E-state index in [1.165, 1.54) is 12.8 Å². The van der Waals surface area contributed by atoms with Crippen LogP contribution in [0.4, 0.5) is 5.69 Å². The lowest BCUT2D eigenvalue weighted by Gasteiger charge is -2.35. The van der Waals surface area contributed by atoms with Gasteiger partial charge < -0.3 is 4.90 Å². The van der Waals surface area contributed by atoms with Gasteiger partial charge in [0.25, 0.3) is 0 Å². The third-order valence-electron chi connectivity index (χ3n) is 4.63. The molecule has 0 saturated carbocycles. The first-order valence-corrected chi connectivity index (χ1v) is 8.36. The van der Waals surface area contributed by atoms with Gasteiger partial charge in [-0.2, -0.15) is 0 Å². The quantitative estimate of drug-likeness (QED) is 0.731. The molecule has 0 aliphatic carbocycles. The fourth-order valence-corrected chi connectivity index (χ4v) is 3.06. The van der Waals surface area contributed by atoms with Crippen LogP contribution in [0.15, 0.2) is 18.3 Å². The molecule has 2 heterocycles. The van der Waals surface area contributed by atoms with Crippen LogP contribution in [0.5, 0.6) is 0 Å². The fourth-order valence-electron chi connectivity index (χ4n) is 3.06. The predicted molar refractivity (Wildman–Crippen MR) is 87.9 cm³/mol. The van der Waals surface area contributed by atoms with Crippen molar-refractivity contribution in [3.05, 3.63) is 24.0 Å². The van der Waals surface area contributed by atoms with Crippen LogP contribution in [0.1, 0.15) is 63.4 Å². The number of hydrogen-bond acceptors (Lipinski definition) is 3. The number of pyridine rings is 1. The number of Topliss-reactive ketones (excluding diaryl/α,β-unsaturated/α-hetero) is 1. The third-order valence-corrected chi connectivity index (χ3v) is 4.63. The van der Waals surface area contributed by atoms with E-state index in [4.69, 9.17) is 0 Å². The Balaban J connectivity index is 2.00. The Labute approximate surface area is 128 Å². The van der Waals surface area contributed by atoms with Gasteiger partial charge in [0.15, 0.2) is 5.78 Å². The topological polar surface area (TPSA) is 33.2 Å². The maximum atomic E-state index is 12.1. The van der Waals surface area contributed by atoms with Gasteiger partial charge in [-0.3, -0.25) is 9.78 Å². The number of piperidine rings is 1. The number of nitrogens with zero attached hydrogens (tertiary/aromatic N) is 2. The van der Waals surface area contributed by atoms with Gasteiger partial charge in [-0.1, -0.05) is 27.2 Å². The summed E-state index contributed by atoms with van der Waals surface area (Å²) in [7, 11) is 0. The van der Waals surface area contributed by atoms with Gasteiger partial charge in [0, 0.05) is 31.4 Å². The molecule has 0 aromatic carbocycles. The lowest BCUT2D eigenvalue weighted by Crippen LogP contribution is -2.35. The molecule has 1 aromatic rings. The van der Waals surface area contributed by atoms with Crippen LogP contribution in [0.3, 0.4) is 0 Å². The number of carbonyl (C=O) groups is 1. The standard InChI is InChI=1S/C18H28N2O/c1-4-5-6-18(21)17-13-16(7-10-19-17)20-11-8-15(9-12-20)14(2)3/h7,10,13-15H,4-6,8-9,11-12H2,1-3H3. The first-order chi connectivity index (χ1) is 10.1. The predicted octanol–water partition coefficient (Wildman–Crippen LogP) is 4.33. The summed E-state index contributed by atoms with van der Waals surface area (Å²) >= 11 is 0. The van der Waals surface area contributed by atoms with Gasteiger partial charge >= 0.3 is 0 Å². The molecule has 0 atom stereocenters. The minimum absolute atomic E-state index is 0.177. The largest absolute Gasteiger partial charge is 0.371 e. The Kier molecular flexibility index (Phi) is 5.77. The van der Waals surface area contributed by atoms with Gasteiger partial charge in [0.2, 0.25) is 0 Å². The van der Waals surface area contributed by atoms with Crippen molar-refractivity contribution in [1.82, 2.24) is 4.98 Å². The number of ketones is 1. The Hall–Kier alpha value is -1.38. The smallest absolute Gasteiger partial charge is 0.181 e. The highest BCUT2D eigenvalue weighted by atomic mass is 16.1. The molecule has 0 unspecified atom stereocenters. The van der Waals surface area contributed by atoms with Crippen molar-refractivity contribution in [2.75, 3.05) is 18.0 Å². The number of carbonyl (C=O) groups excluding carboxylic acids is 1. The highest BCUT2D eigenvalue weighted by Gasteiger charge is 2.22. The molecule has 0 spiro atoms.